The molecule has 0 atom stereocenters. The summed E-state index contributed by atoms with van der Waals surface area (Å²) in [5.41, 5.74) is 7.22. The van der Waals surface area contributed by atoms with Gasteiger partial charge in [-0.15, -0.1) is 0 Å². The number of nitriles is 1. The Kier molecular flexibility index (Phi) is 3.48. The van der Waals surface area contributed by atoms with Crippen LogP contribution in [-0.2, 0) is 0 Å². The number of aromatic amines is 1. The molecule has 3 nitrogen and oxygen atoms in total. The van der Waals surface area contributed by atoms with Gasteiger partial charge in [-0.2, -0.15) is 5.26 Å². The summed E-state index contributed by atoms with van der Waals surface area (Å²) in [5.74, 6) is 0. The van der Waals surface area contributed by atoms with Crippen molar-refractivity contribution in [1.82, 2.24) is 9.97 Å². The van der Waals surface area contributed by atoms with Crippen LogP contribution in [0.2, 0.25) is 0 Å². The third-order valence-corrected chi connectivity index (χ3v) is 4.96. The van der Waals surface area contributed by atoms with E-state index in [4.69, 9.17) is 5.26 Å². The molecule has 1 N–H and O–H groups in total. The maximum Gasteiger partial charge on any atom is 0.0991 e. The Labute approximate surface area is 156 Å². The molecular formula is C24H15N3. The lowest BCUT2D eigenvalue weighted by atomic mass is 9.89. The number of nitrogens with one attached hydrogen (secondary N) is 1. The SMILES string of the molecule is N#Cc1ccc(-c2ccc3ccccc3c2-c2ccc3nc[nH]c3c2)cc1. The van der Waals surface area contributed by atoms with Gasteiger partial charge in [0.2, 0.25) is 0 Å². The van der Waals surface area contributed by atoms with Crippen molar-refractivity contribution in [2.75, 3.05) is 0 Å². The van der Waals surface area contributed by atoms with Crippen LogP contribution < -0.4 is 0 Å². The Morgan fingerprint density at radius 2 is 1.63 bits per heavy atom. The van der Waals surface area contributed by atoms with Gasteiger partial charge in [0.25, 0.3) is 0 Å². The quantitative estimate of drug-likeness (QED) is 0.431. The second-order valence-electron chi connectivity index (χ2n) is 6.53. The van der Waals surface area contributed by atoms with E-state index in [0.717, 1.165) is 27.7 Å². The summed E-state index contributed by atoms with van der Waals surface area (Å²) in [5, 5.41) is 11.5. The monoisotopic (exact) mass is 345 g/mol. The van der Waals surface area contributed by atoms with Gasteiger partial charge in [-0.1, -0.05) is 54.6 Å². The number of fused-ring (bicyclic) bond motifs is 2. The van der Waals surface area contributed by atoms with Crippen molar-refractivity contribution in [1.29, 1.82) is 5.26 Å². The molecule has 1 heterocycles. The van der Waals surface area contributed by atoms with E-state index in [-0.39, 0.29) is 0 Å². The highest BCUT2D eigenvalue weighted by atomic mass is 14.9. The number of H-pyrrole nitrogens is 1. The van der Waals surface area contributed by atoms with Crippen LogP contribution in [0.25, 0.3) is 44.1 Å². The number of imidazole rings is 1. The lowest BCUT2D eigenvalue weighted by molar-refractivity contribution is 1.34. The van der Waals surface area contributed by atoms with Crippen LogP contribution in [0.4, 0.5) is 0 Å². The highest BCUT2D eigenvalue weighted by molar-refractivity contribution is 6.05. The summed E-state index contributed by atoms with van der Waals surface area (Å²) in [6.07, 6.45) is 1.72. The van der Waals surface area contributed by atoms with Crippen LogP contribution in [0, 0.1) is 11.3 Å². The van der Waals surface area contributed by atoms with Gasteiger partial charge in [-0.05, 0) is 57.3 Å². The third kappa shape index (κ3) is 2.56. The predicted molar refractivity (Wildman–Crippen MR) is 109 cm³/mol. The Hall–Kier alpha value is -3.90. The van der Waals surface area contributed by atoms with E-state index in [1.165, 1.54) is 16.3 Å². The molecule has 1 aromatic heterocycles. The first-order valence-electron chi connectivity index (χ1n) is 8.79. The molecule has 3 heteroatoms. The van der Waals surface area contributed by atoms with Gasteiger partial charge in [0.05, 0.1) is 29.0 Å². The Bertz CT molecular complexity index is 1320. The second kappa shape index (κ2) is 6.12. The fourth-order valence-corrected chi connectivity index (χ4v) is 3.64. The third-order valence-electron chi connectivity index (χ3n) is 4.96. The molecule has 126 valence electrons. The predicted octanol–water partition coefficient (Wildman–Crippen LogP) is 5.92. The molecule has 0 spiro atoms. The van der Waals surface area contributed by atoms with Crippen LogP contribution in [0.5, 0.6) is 0 Å². The summed E-state index contributed by atoms with van der Waals surface area (Å²) in [6, 6.07) is 29.0. The van der Waals surface area contributed by atoms with Crippen LogP contribution in [0.1, 0.15) is 5.56 Å². The summed E-state index contributed by atoms with van der Waals surface area (Å²) in [7, 11) is 0. The van der Waals surface area contributed by atoms with Gasteiger partial charge in [0.15, 0.2) is 0 Å². The standard InChI is InChI=1S/C24H15N3/c25-14-16-5-7-18(8-6-16)21-11-9-17-3-1-2-4-20(17)24(21)19-10-12-22-23(13-19)27-15-26-22/h1-13,15H,(H,26,27). The average Bonchev–Trinajstić information content (AvgIpc) is 3.21. The number of hydrogen-bond acceptors (Lipinski definition) is 2. The van der Waals surface area contributed by atoms with Crippen molar-refractivity contribution in [3.05, 3.63) is 90.8 Å². The highest BCUT2D eigenvalue weighted by Crippen LogP contribution is 2.38. The zero-order valence-electron chi connectivity index (χ0n) is 14.5. The van der Waals surface area contributed by atoms with Gasteiger partial charge >= 0.3 is 0 Å². The molecular weight excluding hydrogens is 330 g/mol. The first-order chi connectivity index (χ1) is 13.3. The van der Waals surface area contributed by atoms with Crippen LogP contribution in [-0.4, -0.2) is 9.97 Å². The average molecular weight is 345 g/mol. The number of rotatable bonds is 2. The minimum absolute atomic E-state index is 0.667. The molecule has 5 rings (SSSR count). The fourth-order valence-electron chi connectivity index (χ4n) is 3.64. The molecule has 0 saturated heterocycles. The Morgan fingerprint density at radius 3 is 2.48 bits per heavy atom. The summed E-state index contributed by atoms with van der Waals surface area (Å²) >= 11 is 0. The number of nitrogens with zero attached hydrogens (tertiary/aromatic N) is 2. The summed E-state index contributed by atoms with van der Waals surface area (Å²) < 4.78 is 0. The van der Waals surface area contributed by atoms with E-state index < -0.39 is 0 Å². The van der Waals surface area contributed by atoms with Gasteiger partial charge < -0.3 is 4.98 Å². The molecule has 0 fully saturated rings. The normalized spacial score (nSPS) is 10.9. The van der Waals surface area contributed by atoms with Crippen LogP contribution >= 0.6 is 0 Å². The highest BCUT2D eigenvalue weighted by Gasteiger charge is 2.13. The summed E-state index contributed by atoms with van der Waals surface area (Å²) in [6.45, 7) is 0. The van der Waals surface area contributed by atoms with Crippen molar-refractivity contribution in [3.8, 4) is 28.3 Å². The molecule has 0 aliphatic rings. The van der Waals surface area contributed by atoms with Gasteiger partial charge in [0, 0.05) is 0 Å². The Balaban J connectivity index is 1.82. The number of hydrogen-bond donors (Lipinski definition) is 1. The first kappa shape index (κ1) is 15.4. The van der Waals surface area contributed by atoms with Crippen LogP contribution in [0.15, 0.2) is 85.2 Å². The minimum Gasteiger partial charge on any atom is -0.345 e. The van der Waals surface area contributed by atoms with E-state index >= 15 is 0 Å². The fraction of sp³-hybridized carbons (Fsp3) is 0. The lowest BCUT2D eigenvalue weighted by Gasteiger charge is -2.14. The molecule has 0 aliphatic heterocycles. The van der Waals surface area contributed by atoms with Crippen molar-refractivity contribution < 1.29 is 0 Å². The molecule has 5 aromatic rings. The summed E-state index contributed by atoms with van der Waals surface area (Å²) in [4.78, 5) is 7.53. The smallest absolute Gasteiger partial charge is 0.0991 e. The lowest BCUT2D eigenvalue weighted by Crippen LogP contribution is -1.89. The first-order valence-corrected chi connectivity index (χ1v) is 8.79. The van der Waals surface area contributed by atoms with E-state index in [0.29, 0.717) is 5.56 Å². The molecule has 0 aliphatic carbocycles. The van der Waals surface area contributed by atoms with E-state index in [1.807, 2.05) is 30.3 Å². The molecule has 4 aromatic carbocycles. The van der Waals surface area contributed by atoms with E-state index in [1.54, 1.807) is 6.33 Å². The van der Waals surface area contributed by atoms with Gasteiger partial charge in [-0.25, -0.2) is 4.98 Å². The minimum atomic E-state index is 0.667. The molecule has 0 unspecified atom stereocenters. The van der Waals surface area contributed by atoms with Crippen molar-refractivity contribution in [3.63, 3.8) is 0 Å². The molecule has 0 amide bonds. The number of aromatic nitrogens is 2. The van der Waals surface area contributed by atoms with E-state index in [2.05, 4.69) is 64.6 Å². The zero-order valence-corrected chi connectivity index (χ0v) is 14.5. The largest absolute Gasteiger partial charge is 0.345 e. The van der Waals surface area contributed by atoms with E-state index in [9.17, 15) is 0 Å². The molecule has 27 heavy (non-hydrogen) atoms. The Morgan fingerprint density at radius 1 is 0.815 bits per heavy atom. The second-order valence-corrected chi connectivity index (χ2v) is 6.53. The van der Waals surface area contributed by atoms with Crippen molar-refractivity contribution in [2.45, 2.75) is 0 Å². The topological polar surface area (TPSA) is 52.5 Å². The van der Waals surface area contributed by atoms with Gasteiger partial charge in [-0.3, -0.25) is 0 Å². The molecule has 0 bridgehead atoms. The van der Waals surface area contributed by atoms with Crippen LogP contribution in [0.3, 0.4) is 0 Å². The van der Waals surface area contributed by atoms with Gasteiger partial charge in [0.1, 0.15) is 0 Å². The maximum atomic E-state index is 9.09. The van der Waals surface area contributed by atoms with Crippen molar-refractivity contribution in [2.24, 2.45) is 0 Å². The number of benzene rings is 4. The molecule has 0 saturated carbocycles. The zero-order chi connectivity index (χ0) is 18.2. The molecule has 0 radical (unpaired) electrons. The van der Waals surface area contributed by atoms with Crippen molar-refractivity contribution >= 4 is 21.8 Å². The maximum absolute atomic E-state index is 9.09.